The lowest BCUT2D eigenvalue weighted by Gasteiger charge is -2.30. The number of hydrogen-bond acceptors (Lipinski definition) is 6. The molecule has 0 saturated carbocycles. The number of carboxylic acids is 2. The number of likely N-dealkylation sites (tertiary alicyclic amines) is 1. The van der Waals surface area contributed by atoms with Crippen LogP contribution in [0, 0.1) is 0 Å². The second-order valence-corrected chi connectivity index (χ2v) is 9.57. The van der Waals surface area contributed by atoms with Gasteiger partial charge in [0, 0.05) is 19.4 Å². The Kier molecular flexibility index (Phi) is 10.6. The van der Waals surface area contributed by atoms with E-state index in [9.17, 15) is 29.1 Å². The van der Waals surface area contributed by atoms with Crippen LogP contribution >= 0.6 is 0 Å². The summed E-state index contributed by atoms with van der Waals surface area (Å²) in [6.07, 6.45) is 0.548. The number of nitrogens with zero attached hydrogens (tertiary/aromatic N) is 1. The highest BCUT2D eigenvalue weighted by Gasteiger charge is 2.39. The summed E-state index contributed by atoms with van der Waals surface area (Å²) in [4.78, 5) is 63.5. The van der Waals surface area contributed by atoms with Crippen LogP contribution in [0.3, 0.4) is 0 Å². The number of amides is 3. The molecule has 0 spiro atoms. The molecule has 2 aromatic carbocycles. The molecule has 4 unspecified atom stereocenters. The molecule has 1 fully saturated rings. The van der Waals surface area contributed by atoms with Gasteiger partial charge in [-0.1, -0.05) is 60.7 Å². The summed E-state index contributed by atoms with van der Waals surface area (Å²) in [7, 11) is 0. The van der Waals surface area contributed by atoms with Crippen LogP contribution in [0.4, 0.5) is 0 Å². The summed E-state index contributed by atoms with van der Waals surface area (Å²) >= 11 is 0. The van der Waals surface area contributed by atoms with Crippen molar-refractivity contribution in [3.8, 4) is 0 Å². The number of nitrogens with two attached hydrogens (primary N) is 1. The van der Waals surface area contributed by atoms with E-state index in [1.54, 1.807) is 0 Å². The van der Waals surface area contributed by atoms with Gasteiger partial charge in [0.1, 0.15) is 18.1 Å². The summed E-state index contributed by atoms with van der Waals surface area (Å²) in [6.45, 7) is 0.251. The molecule has 3 rings (SSSR count). The first-order valence-corrected chi connectivity index (χ1v) is 12.8. The van der Waals surface area contributed by atoms with Crippen molar-refractivity contribution in [3.05, 3.63) is 71.8 Å². The first-order valence-electron chi connectivity index (χ1n) is 12.8. The van der Waals surface area contributed by atoms with Gasteiger partial charge in [-0.25, -0.2) is 4.79 Å². The Morgan fingerprint density at radius 1 is 0.872 bits per heavy atom. The molecule has 1 heterocycles. The van der Waals surface area contributed by atoms with Gasteiger partial charge in [0.2, 0.25) is 17.7 Å². The number of carboxylic acid groups (broad SMARTS) is 2. The Labute approximate surface area is 226 Å². The third-order valence-corrected chi connectivity index (χ3v) is 6.63. The molecule has 0 aromatic heterocycles. The fourth-order valence-corrected chi connectivity index (χ4v) is 4.59. The fourth-order valence-electron chi connectivity index (χ4n) is 4.59. The van der Waals surface area contributed by atoms with Crippen LogP contribution in [0.5, 0.6) is 0 Å². The third-order valence-electron chi connectivity index (χ3n) is 6.63. The van der Waals surface area contributed by atoms with E-state index in [2.05, 4.69) is 10.6 Å². The summed E-state index contributed by atoms with van der Waals surface area (Å²) in [5, 5.41) is 23.4. The van der Waals surface area contributed by atoms with Crippen molar-refractivity contribution in [3.63, 3.8) is 0 Å². The Morgan fingerprint density at radius 2 is 1.46 bits per heavy atom. The van der Waals surface area contributed by atoms with Crippen LogP contribution < -0.4 is 16.4 Å². The van der Waals surface area contributed by atoms with Crippen LogP contribution in [0.2, 0.25) is 0 Å². The minimum Gasteiger partial charge on any atom is -0.481 e. The second-order valence-electron chi connectivity index (χ2n) is 9.57. The molecule has 208 valence electrons. The Balaban J connectivity index is 1.74. The van der Waals surface area contributed by atoms with E-state index in [1.807, 2.05) is 60.7 Å². The topological polar surface area (TPSA) is 179 Å². The van der Waals surface area contributed by atoms with Crippen molar-refractivity contribution in [2.24, 2.45) is 5.73 Å². The predicted octanol–water partition coefficient (Wildman–Crippen LogP) is 0.709. The maximum Gasteiger partial charge on any atom is 0.326 e. The lowest BCUT2D eigenvalue weighted by atomic mass is 10.0. The monoisotopic (exact) mass is 538 g/mol. The minimum absolute atomic E-state index is 0.171. The van der Waals surface area contributed by atoms with Crippen molar-refractivity contribution in [2.75, 3.05) is 6.54 Å². The third kappa shape index (κ3) is 8.64. The quantitative estimate of drug-likeness (QED) is 0.247. The van der Waals surface area contributed by atoms with Gasteiger partial charge in [0.05, 0.1) is 6.04 Å². The fraction of sp³-hybridized carbons (Fsp3) is 0.393. The largest absolute Gasteiger partial charge is 0.481 e. The number of aliphatic carboxylic acids is 2. The summed E-state index contributed by atoms with van der Waals surface area (Å²) in [5.41, 5.74) is 7.83. The molecule has 1 saturated heterocycles. The molecule has 1 aliphatic heterocycles. The van der Waals surface area contributed by atoms with E-state index in [0.29, 0.717) is 12.8 Å². The van der Waals surface area contributed by atoms with Crippen LogP contribution in [-0.4, -0.2) is 75.5 Å². The summed E-state index contributed by atoms with van der Waals surface area (Å²) in [5.74, 6) is -4.20. The van der Waals surface area contributed by atoms with Crippen LogP contribution in [0.25, 0.3) is 0 Å². The van der Waals surface area contributed by atoms with Gasteiger partial charge in [-0.05, 0) is 36.8 Å². The molecule has 0 radical (unpaired) electrons. The Morgan fingerprint density at radius 3 is 2.03 bits per heavy atom. The lowest BCUT2D eigenvalue weighted by molar-refractivity contribution is -0.145. The molecule has 4 atom stereocenters. The second kappa shape index (κ2) is 14.1. The van der Waals surface area contributed by atoms with Gasteiger partial charge in [-0.15, -0.1) is 0 Å². The Hall–Kier alpha value is -4.25. The lowest BCUT2D eigenvalue weighted by Crippen LogP contribution is -2.57. The predicted molar refractivity (Wildman–Crippen MR) is 141 cm³/mol. The highest BCUT2D eigenvalue weighted by Crippen LogP contribution is 2.20. The zero-order valence-corrected chi connectivity index (χ0v) is 21.5. The van der Waals surface area contributed by atoms with Crippen LogP contribution in [-0.2, 0) is 36.8 Å². The number of benzene rings is 2. The van der Waals surface area contributed by atoms with Crippen molar-refractivity contribution in [1.82, 2.24) is 15.5 Å². The van der Waals surface area contributed by atoms with E-state index < -0.39 is 60.2 Å². The minimum atomic E-state index is -1.40. The van der Waals surface area contributed by atoms with Gasteiger partial charge in [-0.3, -0.25) is 19.2 Å². The zero-order chi connectivity index (χ0) is 28.4. The smallest absolute Gasteiger partial charge is 0.326 e. The Bertz CT molecular complexity index is 1160. The van der Waals surface area contributed by atoms with Gasteiger partial charge in [0.15, 0.2) is 0 Å². The molecule has 1 aliphatic rings. The highest BCUT2D eigenvalue weighted by molar-refractivity contribution is 5.94. The zero-order valence-electron chi connectivity index (χ0n) is 21.5. The van der Waals surface area contributed by atoms with Gasteiger partial charge in [0.25, 0.3) is 0 Å². The number of hydrogen-bond donors (Lipinski definition) is 5. The normalized spacial score (nSPS) is 17.1. The number of rotatable bonds is 13. The molecule has 11 heteroatoms. The average Bonchev–Trinajstić information content (AvgIpc) is 3.41. The molecule has 11 nitrogen and oxygen atoms in total. The first kappa shape index (κ1) is 29.3. The summed E-state index contributed by atoms with van der Waals surface area (Å²) < 4.78 is 0. The molecule has 2 aromatic rings. The van der Waals surface area contributed by atoms with E-state index in [4.69, 9.17) is 10.8 Å². The molecular weight excluding hydrogens is 504 g/mol. The molecule has 39 heavy (non-hydrogen) atoms. The molecular formula is C28H34N4O7. The van der Waals surface area contributed by atoms with Crippen LogP contribution in [0.1, 0.15) is 36.8 Å². The van der Waals surface area contributed by atoms with Crippen molar-refractivity contribution >= 4 is 29.7 Å². The molecule has 3 amide bonds. The number of carbonyl (C=O) groups excluding carboxylic acids is 3. The van der Waals surface area contributed by atoms with Crippen molar-refractivity contribution < 1.29 is 34.2 Å². The van der Waals surface area contributed by atoms with Crippen LogP contribution in [0.15, 0.2) is 60.7 Å². The highest BCUT2D eigenvalue weighted by atomic mass is 16.4. The first-order chi connectivity index (χ1) is 18.7. The SMILES string of the molecule is NC(Cc1ccccc1)C(=O)NC(Cc1ccccc1)C(=O)N1CCCC1C(=O)NC(CCC(=O)O)C(=O)O. The van der Waals surface area contributed by atoms with E-state index in [0.717, 1.165) is 11.1 Å². The van der Waals surface area contributed by atoms with Gasteiger partial charge in [-0.2, -0.15) is 0 Å². The number of nitrogens with one attached hydrogen (secondary N) is 2. The van der Waals surface area contributed by atoms with E-state index >= 15 is 0 Å². The molecule has 0 aliphatic carbocycles. The average molecular weight is 539 g/mol. The number of carbonyl (C=O) groups is 5. The maximum absolute atomic E-state index is 13.7. The van der Waals surface area contributed by atoms with E-state index in [-0.39, 0.29) is 25.8 Å². The van der Waals surface area contributed by atoms with Crippen molar-refractivity contribution in [2.45, 2.75) is 62.7 Å². The van der Waals surface area contributed by atoms with Crippen molar-refractivity contribution in [1.29, 1.82) is 0 Å². The standard InChI is InChI=1S/C28H34N4O7/c29-20(16-18-8-3-1-4-9-18)25(35)31-22(17-19-10-5-2-6-11-19)27(37)32-15-7-12-23(32)26(36)30-21(28(38)39)13-14-24(33)34/h1-6,8-11,20-23H,7,12-17,29H2,(H,30,36)(H,31,35)(H,33,34)(H,38,39). The molecule has 0 bridgehead atoms. The summed E-state index contributed by atoms with van der Waals surface area (Å²) in [6, 6.07) is 14.1. The van der Waals surface area contributed by atoms with Gasteiger partial charge < -0.3 is 31.5 Å². The maximum atomic E-state index is 13.7. The van der Waals surface area contributed by atoms with Gasteiger partial charge >= 0.3 is 11.9 Å². The molecule has 6 N–H and O–H groups in total. The van der Waals surface area contributed by atoms with E-state index in [1.165, 1.54) is 4.90 Å².